The second kappa shape index (κ2) is 5.86. The number of sulfonamides is 1. The first kappa shape index (κ1) is 13.0. The maximum atomic E-state index is 11.9. The molecule has 0 fully saturated rings. The largest absolute Gasteiger partial charge is 0.396 e. The third-order valence-corrected chi connectivity index (χ3v) is 4.17. The standard InChI is InChI=1S/C11H17NO3S/c1-2-12(11-7-4-3-5-8-11)16(14,15)10-6-9-13/h3-5,7-8,13H,2,6,9-10H2,1H3. The number of benzene rings is 1. The normalized spacial score (nSPS) is 11.4. The summed E-state index contributed by atoms with van der Waals surface area (Å²) in [5.74, 6) is -0.0216. The highest BCUT2D eigenvalue weighted by atomic mass is 32.2. The highest BCUT2D eigenvalue weighted by Crippen LogP contribution is 2.17. The quantitative estimate of drug-likeness (QED) is 0.817. The van der Waals surface area contributed by atoms with Crippen LogP contribution in [0.5, 0.6) is 0 Å². The summed E-state index contributed by atoms with van der Waals surface area (Å²) in [6.07, 6.45) is 0.270. The molecule has 0 heterocycles. The van der Waals surface area contributed by atoms with Crippen molar-refractivity contribution in [1.82, 2.24) is 0 Å². The summed E-state index contributed by atoms with van der Waals surface area (Å²) in [5.41, 5.74) is 0.669. The number of hydrogen-bond acceptors (Lipinski definition) is 3. The highest BCUT2D eigenvalue weighted by molar-refractivity contribution is 7.92. The molecule has 1 aromatic rings. The topological polar surface area (TPSA) is 57.6 Å². The lowest BCUT2D eigenvalue weighted by Gasteiger charge is -2.22. The van der Waals surface area contributed by atoms with Gasteiger partial charge in [0.15, 0.2) is 0 Å². The van der Waals surface area contributed by atoms with Crippen molar-refractivity contribution in [2.75, 3.05) is 23.2 Å². The van der Waals surface area contributed by atoms with Crippen LogP contribution in [0.2, 0.25) is 0 Å². The average molecular weight is 243 g/mol. The molecule has 90 valence electrons. The molecule has 0 radical (unpaired) electrons. The number of nitrogens with zero attached hydrogens (tertiary/aromatic N) is 1. The van der Waals surface area contributed by atoms with Crippen molar-refractivity contribution < 1.29 is 13.5 Å². The molecule has 1 N–H and O–H groups in total. The van der Waals surface area contributed by atoms with Crippen molar-refractivity contribution in [2.45, 2.75) is 13.3 Å². The van der Waals surface area contributed by atoms with Gasteiger partial charge in [-0.2, -0.15) is 0 Å². The molecule has 0 aromatic heterocycles. The first-order valence-electron chi connectivity index (χ1n) is 5.28. The summed E-state index contributed by atoms with van der Waals surface area (Å²) < 4.78 is 25.2. The van der Waals surface area contributed by atoms with Crippen LogP contribution >= 0.6 is 0 Å². The molecule has 0 atom stereocenters. The molecule has 4 nitrogen and oxygen atoms in total. The summed E-state index contributed by atoms with van der Waals surface area (Å²) in [7, 11) is -3.31. The van der Waals surface area contributed by atoms with Crippen molar-refractivity contribution in [2.24, 2.45) is 0 Å². The predicted octanol–water partition coefficient (Wildman–Crippen LogP) is 1.23. The summed E-state index contributed by atoms with van der Waals surface area (Å²) in [4.78, 5) is 0. The molecule has 0 unspecified atom stereocenters. The number of para-hydroxylation sites is 1. The number of rotatable bonds is 6. The lowest BCUT2D eigenvalue weighted by Crippen LogP contribution is -2.33. The fraction of sp³-hybridized carbons (Fsp3) is 0.455. The second-order valence-corrected chi connectivity index (χ2v) is 5.41. The molecule has 16 heavy (non-hydrogen) atoms. The van der Waals surface area contributed by atoms with Gasteiger partial charge in [0.1, 0.15) is 0 Å². The zero-order valence-electron chi connectivity index (χ0n) is 9.33. The van der Waals surface area contributed by atoms with Crippen LogP contribution in [0.4, 0.5) is 5.69 Å². The van der Waals surface area contributed by atoms with Crippen LogP contribution < -0.4 is 4.31 Å². The molecule has 0 spiro atoms. The van der Waals surface area contributed by atoms with E-state index < -0.39 is 10.0 Å². The Kier molecular flexibility index (Phi) is 4.76. The van der Waals surface area contributed by atoms with Crippen LogP contribution in [0.1, 0.15) is 13.3 Å². The molecular weight excluding hydrogens is 226 g/mol. The van der Waals surface area contributed by atoms with Gasteiger partial charge in [-0.05, 0) is 25.5 Å². The molecule has 0 aliphatic carbocycles. The van der Waals surface area contributed by atoms with E-state index in [-0.39, 0.29) is 18.8 Å². The molecule has 1 aromatic carbocycles. The molecule has 0 aliphatic heterocycles. The Hall–Kier alpha value is -1.07. The minimum absolute atomic E-state index is 0.0216. The van der Waals surface area contributed by atoms with Crippen LogP contribution in [0.15, 0.2) is 30.3 Å². The van der Waals surface area contributed by atoms with Gasteiger partial charge < -0.3 is 5.11 Å². The van der Waals surface area contributed by atoms with E-state index in [0.29, 0.717) is 12.2 Å². The van der Waals surface area contributed by atoms with Gasteiger partial charge in [-0.15, -0.1) is 0 Å². The van der Waals surface area contributed by atoms with E-state index in [1.807, 2.05) is 6.07 Å². The predicted molar refractivity (Wildman–Crippen MR) is 65.0 cm³/mol. The molecule has 0 amide bonds. The van der Waals surface area contributed by atoms with Crippen molar-refractivity contribution in [3.63, 3.8) is 0 Å². The third kappa shape index (κ3) is 3.21. The SMILES string of the molecule is CCN(c1ccccc1)S(=O)(=O)CCCO. The van der Waals surface area contributed by atoms with Gasteiger partial charge in [0.05, 0.1) is 11.4 Å². The zero-order valence-corrected chi connectivity index (χ0v) is 10.2. The van der Waals surface area contributed by atoms with E-state index >= 15 is 0 Å². The fourth-order valence-corrected chi connectivity index (χ4v) is 3.04. The van der Waals surface area contributed by atoms with E-state index in [9.17, 15) is 8.42 Å². The van der Waals surface area contributed by atoms with E-state index in [2.05, 4.69) is 0 Å². The van der Waals surface area contributed by atoms with Gasteiger partial charge in [-0.3, -0.25) is 4.31 Å². The molecule has 5 heteroatoms. The number of hydrogen-bond donors (Lipinski definition) is 1. The van der Waals surface area contributed by atoms with E-state index in [1.165, 1.54) is 4.31 Å². The highest BCUT2D eigenvalue weighted by Gasteiger charge is 2.19. The van der Waals surface area contributed by atoms with Crippen molar-refractivity contribution in [3.05, 3.63) is 30.3 Å². The van der Waals surface area contributed by atoms with Crippen molar-refractivity contribution >= 4 is 15.7 Å². The number of aliphatic hydroxyl groups is 1. The van der Waals surface area contributed by atoms with E-state index in [1.54, 1.807) is 31.2 Å². The minimum atomic E-state index is -3.31. The van der Waals surface area contributed by atoms with E-state index in [4.69, 9.17) is 5.11 Å². The lowest BCUT2D eigenvalue weighted by molar-refractivity contribution is 0.295. The maximum Gasteiger partial charge on any atom is 0.235 e. The molecular formula is C11H17NO3S. The van der Waals surface area contributed by atoms with Crippen LogP contribution in [0.25, 0.3) is 0 Å². The number of aliphatic hydroxyl groups excluding tert-OH is 1. The maximum absolute atomic E-state index is 11.9. The Morgan fingerprint density at radius 3 is 2.38 bits per heavy atom. The van der Waals surface area contributed by atoms with Crippen molar-refractivity contribution in [1.29, 1.82) is 0 Å². The van der Waals surface area contributed by atoms with Crippen LogP contribution in [-0.2, 0) is 10.0 Å². The van der Waals surface area contributed by atoms with Gasteiger partial charge in [0.2, 0.25) is 10.0 Å². The second-order valence-electron chi connectivity index (χ2n) is 3.39. The summed E-state index contributed by atoms with van der Waals surface area (Å²) in [5, 5.41) is 8.67. The van der Waals surface area contributed by atoms with Crippen LogP contribution in [-0.4, -0.2) is 32.4 Å². The molecule has 0 bridgehead atoms. The summed E-state index contributed by atoms with van der Waals surface area (Å²) in [6.45, 7) is 2.09. The molecule has 0 saturated heterocycles. The number of anilines is 1. The lowest BCUT2D eigenvalue weighted by atomic mass is 10.3. The minimum Gasteiger partial charge on any atom is -0.396 e. The third-order valence-electron chi connectivity index (χ3n) is 2.23. The fourth-order valence-electron chi connectivity index (χ4n) is 1.49. The van der Waals surface area contributed by atoms with Gasteiger partial charge in [0, 0.05) is 13.2 Å². The molecule has 1 rings (SSSR count). The van der Waals surface area contributed by atoms with Crippen molar-refractivity contribution in [3.8, 4) is 0 Å². The van der Waals surface area contributed by atoms with Gasteiger partial charge in [0.25, 0.3) is 0 Å². The monoisotopic (exact) mass is 243 g/mol. The average Bonchev–Trinajstić information content (AvgIpc) is 2.28. The van der Waals surface area contributed by atoms with E-state index in [0.717, 1.165) is 0 Å². The first-order valence-corrected chi connectivity index (χ1v) is 6.89. The molecule has 0 saturated carbocycles. The van der Waals surface area contributed by atoms with Crippen LogP contribution in [0, 0.1) is 0 Å². The summed E-state index contributed by atoms with van der Waals surface area (Å²) >= 11 is 0. The first-order chi connectivity index (χ1) is 7.61. The Labute approximate surface area is 96.6 Å². The van der Waals surface area contributed by atoms with Gasteiger partial charge >= 0.3 is 0 Å². The summed E-state index contributed by atoms with van der Waals surface area (Å²) in [6, 6.07) is 8.98. The van der Waals surface area contributed by atoms with Crippen LogP contribution in [0.3, 0.4) is 0 Å². The smallest absolute Gasteiger partial charge is 0.235 e. The Morgan fingerprint density at radius 1 is 1.25 bits per heavy atom. The zero-order chi connectivity index (χ0) is 12.0. The van der Waals surface area contributed by atoms with Gasteiger partial charge in [-0.1, -0.05) is 18.2 Å². The molecule has 0 aliphatic rings. The Morgan fingerprint density at radius 2 is 1.88 bits per heavy atom. The Bertz CT molecular complexity index is 402. The Balaban J connectivity index is 2.90. The van der Waals surface area contributed by atoms with Gasteiger partial charge in [-0.25, -0.2) is 8.42 Å².